The van der Waals surface area contributed by atoms with E-state index in [9.17, 15) is 13.2 Å². The van der Waals surface area contributed by atoms with Gasteiger partial charge in [-0.25, -0.2) is 8.42 Å². The minimum atomic E-state index is -3.71. The van der Waals surface area contributed by atoms with Gasteiger partial charge in [-0.3, -0.25) is 10.1 Å². The number of sulfone groups is 1. The zero-order valence-corrected chi connectivity index (χ0v) is 16.7. The second kappa shape index (κ2) is 8.16. The number of benzene rings is 2. The first-order valence-electron chi connectivity index (χ1n) is 7.98. The Morgan fingerprint density at radius 1 is 1.07 bits per heavy atom. The number of anilines is 1. The van der Waals surface area contributed by atoms with Crippen molar-refractivity contribution in [1.29, 1.82) is 0 Å². The van der Waals surface area contributed by atoms with E-state index in [2.05, 4.69) is 15.5 Å². The SMILES string of the molecule is Cc1ccc(S(=O)(=O)CC(=O)Nc2nnc(Cc3ccc(Cl)cc3)s2)cc1. The molecule has 0 spiro atoms. The first-order valence-corrected chi connectivity index (χ1v) is 10.8. The lowest BCUT2D eigenvalue weighted by molar-refractivity contribution is -0.113. The van der Waals surface area contributed by atoms with Gasteiger partial charge in [0.05, 0.1) is 4.90 Å². The molecule has 1 aromatic heterocycles. The van der Waals surface area contributed by atoms with E-state index in [-0.39, 0.29) is 10.0 Å². The van der Waals surface area contributed by atoms with E-state index in [1.807, 2.05) is 19.1 Å². The van der Waals surface area contributed by atoms with Crippen LogP contribution < -0.4 is 5.32 Å². The third-order valence-electron chi connectivity index (χ3n) is 3.68. The van der Waals surface area contributed by atoms with E-state index in [1.54, 1.807) is 24.3 Å². The molecule has 9 heteroatoms. The molecular formula is C18H16ClN3O3S2. The van der Waals surface area contributed by atoms with Crippen molar-refractivity contribution in [2.24, 2.45) is 0 Å². The third kappa shape index (κ3) is 5.35. The zero-order chi connectivity index (χ0) is 19.4. The third-order valence-corrected chi connectivity index (χ3v) is 6.41. The molecular weight excluding hydrogens is 406 g/mol. The number of amides is 1. The molecule has 1 heterocycles. The molecule has 2 aromatic carbocycles. The van der Waals surface area contributed by atoms with Crippen LogP contribution in [0.4, 0.5) is 5.13 Å². The highest BCUT2D eigenvalue weighted by Gasteiger charge is 2.20. The maximum atomic E-state index is 12.3. The maximum Gasteiger partial charge on any atom is 0.241 e. The number of hydrogen-bond acceptors (Lipinski definition) is 6. The summed E-state index contributed by atoms with van der Waals surface area (Å²) in [5.74, 6) is -1.30. The van der Waals surface area contributed by atoms with Gasteiger partial charge in [0.15, 0.2) is 9.84 Å². The van der Waals surface area contributed by atoms with Gasteiger partial charge in [0, 0.05) is 11.4 Å². The van der Waals surface area contributed by atoms with Crippen LogP contribution in [-0.2, 0) is 21.1 Å². The second-order valence-electron chi connectivity index (χ2n) is 5.92. The van der Waals surface area contributed by atoms with Gasteiger partial charge in [0.25, 0.3) is 0 Å². The lowest BCUT2D eigenvalue weighted by atomic mass is 10.2. The molecule has 1 amide bonds. The number of rotatable bonds is 6. The first-order chi connectivity index (χ1) is 12.8. The standard InChI is InChI=1S/C18H16ClN3O3S2/c1-12-2-8-15(9-3-12)27(24,25)11-16(23)20-18-22-21-17(26-18)10-13-4-6-14(19)7-5-13/h2-9H,10-11H2,1H3,(H,20,22,23). The zero-order valence-electron chi connectivity index (χ0n) is 14.3. The lowest BCUT2D eigenvalue weighted by Crippen LogP contribution is -2.23. The van der Waals surface area contributed by atoms with Crippen LogP contribution in [0, 0.1) is 6.92 Å². The molecule has 0 bridgehead atoms. The Balaban J connectivity index is 1.62. The van der Waals surface area contributed by atoms with Gasteiger partial charge < -0.3 is 0 Å². The van der Waals surface area contributed by atoms with Crippen LogP contribution in [0.15, 0.2) is 53.4 Å². The number of aryl methyl sites for hydroxylation is 1. The van der Waals surface area contributed by atoms with Crippen LogP contribution in [0.25, 0.3) is 0 Å². The summed E-state index contributed by atoms with van der Waals surface area (Å²) in [6.45, 7) is 1.86. The van der Waals surface area contributed by atoms with Gasteiger partial charge >= 0.3 is 0 Å². The molecule has 0 fully saturated rings. The number of carbonyl (C=O) groups excluding carboxylic acids is 1. The summed E-state index contributed by atoms with van der Waals surface area (Å²) in [6, 6.07) is 13.7. The lowest BCUT2D eigenvalue weighted by Gasteiger charge is -2.04. The Labute approximate surface area is 166 Å². The van der Waals surface area contributed by atoms with Crippen molar-refractivity contribution in [3.63, 3.8) is 0 Å². The average molecular weight is 422 g/mol. The molecule has 0 saturated heterocycles. The molecule has 0 atom stereocenters. The van der Waals surface area contributed by atoms with Crippen LogP contribution in [0.1, 0.15) is 16.1 Å². The minimum absolute atomic E-state index is 0.115. The van der Waals surface area contributed by atoms with Crippen molar-refractivity contribution in [3.05, 3.63) is 69.7 Å². The van der Waals surface area contributed by atoms with E-state index >= 15 is 0 Å². The van der Waals surface area contributed by atoms with Crippen LogP contribution in [0.2, 0.25) is 5.02 Å². The number of hydrogen-bond donors (Lipinski definition) is 1. The average Bonchev–Trinajstić information content (AvgIpc) is 3.03. The summed E-state index contributed by atoms with van der Waals surface area (Å²) >= 11 is 7.06. The van der Waals surface area contributed by atoms with Crippen molar-refractivity contribution < 1.29 is 13.2 Å². The van der Waals surface area contributed by atoms with Crippen LogP contribution in [0.3, 0.4) is 0 Å². The van der Waals surface area contributed by atoms with Gasteiger partial charge in [-0.05, 0) is 36.8 Å². The first kappa shape index (κ1) is 19.5. The molecule has 140 valence electrons. The maximum absolute atomic E-state index is 12.3. The fourth-order valence-corrected chi connectivity index (χ4v) is 4.36. The van der Waals surface area contributed by atoms with Crippen LogP contribution >= 0.6 is 22.9 Å². The van der Waals surface area contributed by atoms with E-state index in [0.717, 1.165) is 11.1 Å². The Hall–Kier alpha value is -2.29. The van der Waals surface area contributed by atoms with Crippen molar-refractivity contribution in [2.45, 2.75) is 18.2 Å². The van der Waals surface area contributed by atoms with Crippen molar-refractivity contribution >= 4 is 43.8 Å². The molecule has 0 aliphatic carbocycles. The number of halogens is 1. The summed E-state index contributed by atoms with van der Waals surface area (Å²) in [5, 5.41) is 12.0. The topological polar surface area (TPSA) is 89.0 Å². The number of nitrogens with one attached hydrogen (secondary N) is 1. The van der Waals surface area contributed by atoms with Crippen molar-refractivity contribution in [2.75, 3.05) is 11.1 Å². The van der Waals surface area contributed by atoms with Crippen molar-refractivity contribution in [3.8, 4) is 0 Å². The Kier molecular flexibility index (Phi) is 5.88. The monoisotopic (exact) mass is 421 g/mol. The van der Waals surface area contributed by atoms with E-state index < -0.39 is 21.5 Å². The highest BCUT2D eigenvalue weighted by molar-refractivity contribution is 7.92. The van der Waals surface area contributed by atoms with Gasteiger partial charge in [-0.2, -0.15) is 0 Å². The molecule has 3 rings (SSSR count). The summed E-state index contributed by atoms with van der Waals surface area (Å²) in [6.07, 6.45) is 0.548. The Bertz CT molecular complexity index is 1050. The summed E-state index contributed by atoms with van der Waals surface area (Å²) in [5.41, 5.74) is 1.95. The smallest absolute Gasteiger partial charge is 0.241 e. The fourth-order valence-electron chi connectivity index (χ4n) is 2.31. The second-order valence-corrected chi connectivity index (χ2v) is 9.41. The molecule has 0 aliphatic rings. The van der Waals surface area contributed by atoms with Gasteiger partial charge in [-0.1, -0.05) is 52.8 Å². The number of nitrogens with zero attached hydrogens (tertiary/aromatic N) is 2. The molecule has 0 saturated carbocycles. The normalized spacial score (nSPS) is 11.3. The molecule has 0 unspecified atom stereocenters. The molecule has 3 aromatic rings. The minimum Gasteiger partial charge on any atom is -0.300 e. The predicted octanol–water partition coefficient (Wildman–Crippen LogP) is 3.50. The molecule has 6 nitrogen and oxygen atoms in total. The van der Waals surface area contributed by atoms with Crippen LogP contribution in [0.5, 0.6) is 0 Å². The molecule has 1 N–H and O–H groups in total. The number of carbonyl (C=O) groups is 1. The van der Waals surface area contributed by atoms with Gasteiger partial charge in [-0.15, -0.1) is 10.2 Å². The molecule has 27 heavy (non-hydrogen) atoms. The summed E-state index contributed by atoms with van der Waals surface area (Å²) < 4.78 is 24.6. The largest absolute Gasteiger partial charge is 0.300 e. The molecule has 0 aliphatic heterocycles. The van der Waals surface area contributed by atoms with E-state index in [4.69, 9.17) is 11.6 Å². The van der Waals surface area contributed by atoms with Gasteiger partial charge in [0.1, 0.15) is 10.8 Å². The highest BCUT2D eigenvalue weighted by Crippen LogP contribution is 2.20. The quantitative estimate of drug-likeness (QED) is 0.657. The Morgan fingerprint density at radius 3 is 2.41 bits per heavy atom. The van der Waals surface area contributed by atoms with E-state index in [1.165, 1.54) is 23.5 Å². The van der Waals surface area contributed by atoms with Gasteiger partial charge in [0.2, 0.25) is 11.0 Å². The number of aromatic nitrogens is 2. The summed E-state index contributed by atoms with van der Waals surface area (Å²) in [4.78, 5) is 12.2. The summed E-state index contributed by atoms with van der Waals surface area (Å²) in [7, 11) is -3.71. The predicted molar refractivity (Wildman–Crippen MR) is 106 cm³/mol. The van der Waals surface area contributed by atoms with E-state index in [0.29, 0.717) is 16.5 Å². The molecule has 0 radical (unpaired) electrons. The highest BCUT2D eigenvalue weighted by atomic mass is 35.5. The Morgan fingerprint density at radius 2 is 1.74 bits per heavy atom. The fraction of sp³-hybridized carbons (Fsp3) is 0.167. The van der Waals surface area contributed by atoms with Crippen molar-refractivity contribution in [1.82, 2.24) is 10.2 Å². The van der Waals surface area contributed by atoms with Crippen LogP contribution in [-0.4, -0.2) is 30.3 Å².